The van der Waals surface area contributed by atoms with Gasteiger partial charge in [-0.1, -0.05) is 41.6 Å². The van der Waals surface area contributed by atoms with Crippen LogP contribution in [0.3, 0.4) is 0 Å². The van der Waals surface area contributed by atoms with E-state index in [-0.39, 0.29) is 0 Å². The highest BCUT2D eigenvalue weighted by Crippen LogP contribution is 2.31. The lowest BCUT2D eigenvalue weighted by atomic mass is 10.4. The van der Waals surface area contributed by atoms with Crippen LogP contribution in [0.25, 0.3) is 0 Å². The number of hydrogen-bond donors (Lipinski definition) is 1. The monoisotopic (exact) mass is 265 g/mol. The van der Waals surface area contributed by atoms with Crippen molar-refractivity contribution < 1.29 is 0 Å². The molecule has 0 amide bonds. The average molecular weight is 266 g/mol. The summed E-state index contributed by atoms with van der Waals surface area (Å²) >= 11 is 7.60. The molecule has 0 radical (unpaired) electrons. The summed E-state index contributed by atoms with van der Waals surface area (Å²) in [5.74, 6) is 0.607. The van der Waals surface area contributed by atoms with Crippen LogP contribution in [0.15, 0.2) is 46.5 Å². The van der Waals surface area contributed by atoms with Crippen molar-refractivity contribution in [1.29, 1.82) is 0 Å². The maximum atomic E-state index is 6.07. The molecule has 0 aliphatic heterocycles. The molecule has 0 spiro atoms. The summed E-state index contributed by atoms with van der Waals surface area (Å²) in [4.78, 5) is 9.58. The van der Waals surface area contributed by atoms with E-state index in [9.17, 15) is 0 Å². The molecule has 5 heteroatoms. The van der Waals surface area contributed by atoms with Crippen molar-refractivity contribution in [3.05, 3.63) is 41.6 Å². The zero-order chi connectivity index (χ0) is 12.1. The van der Waals surface area contributed by atoms with Gasteiger partial charge in [-0.2, -0.15) is 0 Å². The molecule has 17 heavy (non-hydrogen) atoms. The first kappa shape index (κ1) is 12.2. The predicted octanol–water partition coefficient (Wildman–Crippen LogP) is 3.71. The van der Waals surface area contributed by atoms with Crippen LogP contribution in [-0.2, 0) is 0 Å². The quantitative estimate of drug-likeness (QED) is 0.855. The highest BCUT2D eigenvalue weighted by molar-refractivity contribution is 7.99. The molecule has 0 saturated carbocycles. The van der Waals surface area contributed by atoms with Gasteiger partial charge in [0.05, 0.1) is 11.2 Å². The molecule has 0 unspecified atom stereocenters. The number of aromatic nitrogens is 2. The Morgan fingerprint density at radius 1 is 1.29 bits per heavy atom. The third-order valence-corrected chi connectivity index (χ3v) is 3.41. The van der Waals surface area contributed by atoms with Gasteiger partial charge < -0.3 is 5.32 Å². The summed E-state index contributed by atoms with van der Waals surface area (Å²) in [6.45, 7) is 2.79. The maximum absolute atomic E-state index is 6.07. The molecule has 0 saturated heterocycles. The molecular weight excluding hydrogens is 254 g/mol. The summed E-state index contributed by atoms with van der Waals surface area (Å²) in [5, 5.41) is 4.40. The van der Waals surface area contributed by atoms with E-state index in [1.54, 1.807) is 6.20 Å². The Hall–Kier alpha value is -1.26. The van der Waals surface area contributed by atoms with E-state index in [4.69, 9.17) is 11.6 Å². The Balaban J connectivity index is 2.22. The first-order chi connectivity index (χ1) is 8.29. The fourth-order valence-corrected chi connectivity index (χ4v) is 2.27. The summed E-state index contributed by atoms with van der Waals surface area (Å²) < 4.78 is 0. The zero-order valence-corrected chi connectivity index (χ0v) is 10.9. The molecule has 0 aliphatic rings. The van der Waals surface area contributed by atoms with Gasteiger partial charge in [-0.05, 0) is 19.1 Å². The molecule has 1 N–H and O–H groups in total. The van der Waals surface area contributed by atoms with Crippen LogP contribution in [0.4, 0.5) is 5.95 Å². The Bertz CT molecular complexity index is 490. The molecule has 0 atom stereocenters. The second kappa shape index (κ2) is 5.89. The van der Waals surface area contributed by atoms with Gasteiger partial charge >= 0.3 is 0 Å². The number of hydrogen-bond acceptors (Lipinski definition) is 4. The lowest BCUT2D eigenvalue weighted by Crippen LogP contribution is -2.02. The average Bonchev–Trinajstić information content (AvgIpc) is 2.35. The van der Waals surface area contributed by atoms with Crippen molar-refractivity contribution >= 4 is 29.3 Å². The minimum absolute atomic E-state index is 0.570. The normalized spacial score (nSPS) is 10.2. The van der Waals surface area contributed by atoms with Gasteiger partial charge in [0.15, 0.2) is 0 Å². The van der Waals surface area contributed by atoms with Gasteiger partial charge in [0.25, 0.3) is 0 Å². The fraction of sp³-hybridized carbons (Fsp3) is 0.167. The third kappa shape index (κ3) is 3.35. The van der Waals surface area contributed by atoms with Crippen molar-refractivity contribution in [2.24, 2.45) is 0 Å². The molecule has 0 fully saturated rings. The van der Waals surface area contributed by atoms with E-state index in [1.807, 2.05) is 37.3 Å². The molecule has 0 aliphatic carbocycles. The molecule has 1 aromatic heterocycles. The van der Waals surface area contributed by atoms with E-state index < -0.39 is 0 Å². The number of anilines is 1. The number of benzene rings is 1. The van der Waals surface area contributed by atoms with Crippen molar-refractivity contribution in [1.82, 2.24) is 9.97 Å². The second-order valence-electron chi connectivity index (χ2n) is 3.29. The molecule has 0 bridgehead atoms. The van der Waals surface area contributed by atoms with Gasteiger partial charge in [0.2, 0.25) is 5.95 Å². The molecule has 2 aromatic rings. The minimum atomic E-state index is 0.570. The Labute approximate surface area is 110 Å². The largest absolute Gasteiger partial charge is 0.354 e. The Kier molecular flexibility index (Phi) is 4.23. The van der Waals surface area contributed by atoms with E-state index in [2.05, 4.69) is 15.3 Å². The standard InChI is InChI=1S/C12H12ClN3S/c1-2-14-12-15-8-10(13)11(16-12)17-9-6-4-3-5-7-9/h3-8H,2H2,1H3,(H,14,15,16). The highest BCUT2D eigenvalue weighted by atomic mass is 35.5. The first-order valence-electron chi connectivity index (χ1n) is 5.29. The van der Waals surface area contributed by atoms with Crippen molar-refractivity contribution in [2.75, 3.05) is 11.9 Å². The second-order valence-corrected chi connectivity index (χ2v) is 4.76. The van der Waals surface area contributed by atoms with Crippen LogP contribution in [0.5, 0.6) is 0 Å². The topological polar surface area (TPSA) is 37.8 Å². The van der Waals surface area contributed by atoms with Crippen LogP contribution in [0.1, 0.15) is 6.92 Å². The van der Waals surface area contributed by atoms with Gasteiger partial charge in [-0.25, -0.2) is 9.97 Å². The smallest absolute Gasteiger partial charge is 0.223 e. The molecule has 2 rings (SSSR count). The fourth-order valence-electron chi connectivity index (χ4n) is 1.27. The SMILES string of the molecule is CCNc1ncc(Cl)c(Sc2ccccc2)n1. The molecule has 1 aromatic carbocycles. The lowest BCUT2D eigenvalue weighted by molar-refractivity contribution is 1.01. The summed E-state index contributed by atoms with van der Waals surface area (Å²) in [5.41, 5.74) is 0. The Morgan fingerprint density at radius 2 is 2.06 bits per heavy atom. The number of nitrogens with zero attached hydrogens (tertiary/aromatic N) is 2. The maximum Gasteiger partial charge on any atom is 0.223 e. The van der Waals surface area contributed by atoms with Crippen molar-refractivity contribution in [2.45, 2.75) is 16.8 Å². The summed E-state index contributed by atoms with van der Waals surface area (Å²) in [6.07, 6.45) is 1.62. The first-order valence-corrected chi connectivity index (χ1v) is 6.48. The van der Waals surface area contributed by atoms with E-state index >= 15 is 0 Å². The highest BCUT2D eigenvalue weighted by Gasteiger charge is 2.06. The van der Waals surface area contributed by atoms with Gasteiger partial charge in [0, 0.05) is 11.4 Å². The van der Waals surface area contributed by atoms with Crippen molar-refractivity contribution in [3.8, 4) is 0 Å². The van der Waals surface area contributed by atoms with Crippen LogP contribution >= 0.6 is 23.4 Å². The van der Waals surface area contributed by atoms with Crippen LogP contribution < -0.4 is 5.32 Å². The summed E-state index contributed by atoms with van der Waals surface area (Å²) in [7, 11) is 0. The van der Waals surface area contributed by atoms with Crippen LogP contribution in [0.2, 0.25) is 5.02 Å². The van der Waals surface area contributed by atoms with Gasteiger partial charge in [-0.3, -0.25) is 0 Å². The number of rotatable bonds is 4. The number of nitrogens with one attached hydrogen (secondary N) is 1. The predicted molar refractivity (Wildman–Crippen MR) is 71.8 cm³/mol. The van der Waals surface area contributed by atoms with E-state index in [0.717, 1.165) is 16.5 Å². The van der Waals surface area contributed by atoms with E-state index in [0.29, 0.717) is 11.0 Å². The zero-order valence-electron chi connectivity index (χ0n) is 9.35. The third-order valence-electron chi connectivity index (χ3n) is 2.00. The number of halogens is 1. The van der Waals surface area contributed by atoms with Crippen molar-refractivity contribution in [3.63, 3.8) is 0 Å². The molecule has 88 valence electrons. The van der Waals surface area contributed by atoms with E-state index in [1.165, 1.54) is 11.8 Å². The molecule has 1 heterocycles. The Morgan fingerprint density at radius 3 is 2.76 bits per heavy atom. The van der Waals surface area contributed by atoms with Gasteiger partial charge in [0.1, 0.15) is 5.03 Å². The minimum Gasteiger partial charge on any atom is -0.354 e. The van der Waals surface area contributed by atoms with Crippen LogP contribution in [0, 0.1) is 0 Å². The molecule has 3 nitrogen and oxygen atoms in total. The molecular formula is C12H12ClN3S. The van der Waals surface area contributed by atoms with Gasteiger partial charge in [-0.15, -0.1) is 0 Å². The lowest BCUT2D eigenvalue weighted by Gasteiger charge is -2.06. The summed E-state index contributed by atoms with van der Waals surface area (Å²) in [6, 6.07) is 10.0. The van der Waals surface area contributed by atoms with Crippen LogP contribution in [-0.4, -0.2) is 16.5 Å².